The highest BCUT2D eigenvalue weighted by Crippen LogP contribution is 2.19. The Morgan fingerprint density at radius 3 is 2.48 bits per heavy atom. The van der Waals surface area contributed by atoms with Crippen molar-refractivity contribution in [3.63, 3.8) is 0 Å². The van der Waals surface area contributed by atoms with E-state index in [0.29, 0.717) is 0 Å². The molecule has 0 fully saturated rings. The van der Waals surface area contributed by atoms with Gasteiger partial charge in [-0.3, -0.25) is 23.5 Å². The van der Waals surface area contributed by atoms with Gasteiger partial charge in [-0.05, 0) is 0 Å². The predicted molar refractivity (Wildman–Crippen MR) is 81.5 cm³/mol. The van der Waals surface area contributed by atoms with Crippen LogP contribution in [-0.2, 0) is 20.6 Å². The van der Waals surface area contributed by atoms with Gasteiger partial charge in [-0.25, -0.2) is 4.79 Å². The van der Waals surface area contributed by atoms with Gasteiger partial charge in [0, 0.05) is 28.2 Å². The molecule has 0 saturated carbocycles. The molecule has 0 spiro atoms. The molecule has 2 aromatic heterocycles. The second kappa shape index (κ2) is 6.30. The molecule has 2 aromatic rings. The first-order valence-corrected chi connectivity index (χ1v) is 6.82. The first kappa shape index (κ1) is 16.8. The summed E-state index contributed by atoms with van der Waals surface area (Å²) in [6, 6.07) is 0. The largest absolute Gasteiger partial charge is 0.394 e. The van der Waals surface area contributed by atoms with Crippen LogP contribution in [0.1, 0.15) is 0 Å². The lowest BCUT2D eigenvalue weighted by Crippen LogP contribution is -2.38. The summed E-state index contributed by atoms with van der Waals surface area (Å²) in [5.41, 5.74) is -0.844. The maximum atomic E-state index is 12.4. The summed E-state index contributed by atoms with van der Waals surface area (Å²) in [7, 11) is 6.16. The van der Waals surface area contributed by atoms with Crippen LogP contribution in [0.15, 0.2) is 19.9 Å². The molecule has 2 N–H and O–H groups in total. The standard InChI is InChI=1S/C12H19N7O4/c1-16(2)15-14-11-13-9-8(19(11)5-7(21)6-20)10(22)18(4)12(23)17(9)3/h7,20-21H,5-6H2,1-4H3/t7-/m0/s1. The molecule has 0 unspecified atom stereocenters. The van der Waals surface area contributed by atoms with Gasteiger partial charge in [0.15, 0.2) is 11.2 Å². The Kier molecular flexibility index (Phi) is 4.61. The molecule has 0 aliphatic rings. The van der Waals surface area contributed by atoms with E-state index in [9.17, 15) is 14.7 Å². The zero-order chi connectivity index (χ0) is 17.3. The number of rotatable bonds is 5. The van der Waals surface area contributed by atoms with Crippen LogP contribution in [0, 0.1) is 0 Å². The molecule has 0 radical (unpaired) electrons. The van der Waals surface area contributed by atoms with Gasteiger partial charge >= 0.3 is 5.69 Å². The van der Waals surface area contributed by atoms with Gasteiger partial charge in [-0.15, -0.1) is 0 Å². The molecule has 126 valence electrons. The van der Waals surface area contributed by atoms with E-state index >= 15 is 0 Å². The van der Waals surface area contributed by atoms with Crippen molar-refractivity contribution in [2.75, 3.05) is 20.7 Å². The van der Waals surface area contributed by atoms with E-state index in [-0.39, 0.29) is 23.7 Å². The summed E-state index contributed by atoms with van der Waals surface area (Å²) in [4.78, 5) is 28.6. The van der Waals surface area contributed by atoms with Gasteiger partial charge < -0.3 is 10.2 Å². The van der Waals surface area contributed by atoms with Crippen molar-refractivity contribution in [3.8, 4) is 0 Å². The predicted octanol–water partition coefficient (Wildman–Crippen LogP) is -1.65. The summed E-state index contributed by atoms with van der Waals surface area (Å²) < 4.78 is 3.50. The normalized spacial score (nSPS) is 13.1. The van der Waals surface area contributed by atoms with Gasteiger partial charge in [0.1, 0.15) is 0 Å². The van der Waals surface area contributed by atoms with Crippen LogP contribution in [0.5, 0.6) is 0 Å². The SMILES string of the molecule is CN(C)N=Nc1nc2c(c(=O)n(C)c(=O)n2C)n1C[C@H](O)CO. The van der Waals surface area contributed by atoms with Crippen LogP contribution in [0.4, 0.5) is 5.95 Å². The lowest BCUT2D eigenvalue weighted by Gasteiger charge is -2.11. The molecule has 0 aliphatic carbocycles. The number of fused-ring (bicyclic) bond motifs is 1. The van der Waals surface area contributed by atoms with Gasteiger partial charge in [-0.2, -0.15) is 4.98 Å². The third kappa shape index (κ3) is 3.00. The smallest absolute Gasteiger partial charge is 0.332 e. The van der Waals surface area contributed by atoms with Crippen LogP contribution in [0.3, 0.4) is 0 Å². The summed E-state index contributed by atoms with van der Waals surface area (Å²) in [5, 5.41) is 27.9. The molecular weight excluding hydrogens is 306 g/mol. The van der Waals surface area contributed by atoms with Gasteiger partial charge in [-0.1, -0.05) is 10.3 Å². The molecule has 23 heavy (non-hydrogen) atoms. The zero-order valence-electron chi connectivity index (χ0n) is 13.3. The summed E-state index contributed by atoms with van der Waals surface area (Å²) in [6.07, 6.45) is -1.11. The van der Waals surface area contributed by atoms with E-state index < -0.39 is 24.0 Å². The minimum atomic E-state index is -1.11. The average molecular weight is 325 g/mol. The number of aliphatic hydroxyl groups is 2. The number of aromatic nitrogens is 4. The van der Waals surface area contributed by atoms with Crippen molar-refractivity contribution in [1.29, 1.82) is 0 Å². The maximum Gasteiger partial charge on any atom is 0.332 e. The Labute approximate surface area is 130 Å². The summed E-state index contributed by atoms with van der Waals surface area (Å²) >= 11 is 0. The van der Waals surface area contributed by atoms with Crippen molar-refractivity contribution in [2.45, 2.75) is 12.6 Å². The first-order valence-electron chi connectivity index (χ1n) is 6.82. The molecular formula is C12H19N7O4. The minimum absolute atomic E-state index is 0.0551. The van der Waals surface area contributed by atoms with E-state index in [1.54, 1.807) is 14.1 Å². The third-order valence-corrected chi connectivity index (χ3v) is 3.24. The number of aliphatic hydroxyl groups excluding tert-OH is 2. The van der Waals surface area contributed by atoms with Crippen molar-refractivity contribution in [2.24, 2.45) is 24.4 Å². The fourth-order valence-corrected chi connectivity index (χ4v) is 2.08. The monoisotopic (exact) mass is 325 g/mol. The molecule has 2 rings (SSSR count). The Hall–Kier alpha value is -2.53. The fraction of sp³-hybridized carbons (Fsp3) is 0.583. The molecule has 0 amide bonds. The van der Waals surface area contributed by atoms with E-state index in [4.69, 9.17) is 5.11 Å². The van der Waals surface area contributed by atoms with E-state index in [2.05, 4.69) is 15.3 Å². The second-order valence-electron chi connectivity index (χ2n) is 5.27. The maximum absolute atomic E-state index is 12.4. The first-order chi connectivity index (χ1) is 10.8. The van der Waals surface area contributed by atoms with Crippen LogP contribution in [-0.4, -0.2) is 60.7 Å². The number of aryl methyl sites for hydroxylation is 1. The Bertz CT molecular complexity index is 861. The number of imidazole rings is 1. The molecule has 11 heteroatoms. The van der Waals surface area contributed by atoms with Crippen LogP contribution < -0.4 is 11.2 Å². The number of hydrogen-bond donors (Lipinski definition) is 2. The topological polar surface area (TPSA) is 130 Å². The van der Waals surface area contributed by atoms with E-state index in [1.165, 1.54) is 28.2 Å². The minimum Gasteiger partial charge on any atom is -0.394 e. The average Bonchev–Trinajstić information content (AvgIpc) is 2.87. The Morgan fingerprint density at radius 2 is 1.91 bits per heavy atom. The summed E-state index contributed by atoms with van der Waals surface area (Å²) in [5.74, 6) is 0.0551. The zero-order valence-corrected chi connectivity index (χ0v) is 13.3. The fourth-order valence-electron chi connectivity index (χ4n) is 2.08. The molecule has 11 nitrogen and oxygen atoms in total. The molecule has 0 aliphatic heterocycles. The number of nitrogens with zero attached hydrogens (tertiary/aromatic N) is 7. The Balaban J connectivity index is 2.82. The summed E-state index contributed by atoms with van der Waals surface area (Å²) in [6.45, 7) is -0.599. The van der Waals surface area contributed by atoms with Crippen LogP contribution >= 0.6 is 0 Å². The van der Waals surface area contributed by atoms with Gasteiger partial charge in [0.2, 0.25) is 0 Å². The van der Waals surface area contributed by atoms with Crippen molar-refractivity contribution in [3.05, 3.63) is 20.8 Å². The van der Waals surface area contributed by atoms with Crippen molar-refractivity contribution >= 4 is 17.1 Å². The highest BCUT2D eigenvalue weighted by atomic mass is 16.3. The quantitative estimate of drug-likeness (QED) is 0.500. The van der Waals surface area contributed by atoms with Gasteiger partial charge in [0.25, 0.3) is 11.5 Å². The molecule has 0 saturated heterocycles. The lowest BCUT2D eigenvalue weighted by molar-refractivity contribution is 0.0823. The molecule has 2 heterocycles. The van der Waals surface area contributed by atoms with E-state index in [0.717, 1.165) is 4.57 Å². The third-order valence-electron chi connectivity index (χ3n) is 3.24. The highest BCUT2D eigenvalue weighted by Gasteiger charge is 2.20. The Morgan fingerprint density at radius 1 is 1.26 bits per heavy atom. The molecule has 0 bridgehead atoms. The van der Waals surface area contributed by atoms with Crippen molar-refractivity contribution < 1.29 is 10.2 Å². The van der Waals surface area contributed by atoms with Crippen LogP contribution in [0.25, 0.3) is 11.2 Å². The molecule has 1 atom stereocenters. The van der Waals surface area contributed by atoms with Crippen LogP contribution in [0.2, 0.25) is 0 Å². The highest BCUT2D eigenvalue weighted by molar-refractivity contribution is 5.73. The van der Waals surface area contributed by atoms with E-state index in [1.807, 2.05) is 0 Å². The molecule has 0 aromatic carbocycles. The van der Waals surface area contributed by atoms with Crippen molar-refractivity contribution in [1.82, 2.24) is 23.7 Å². The van der Waals surface area contributed by atoms with Gasteiger partial charge in [0.05, 0.1) is 19.3 Å². The second-order valence-corrected chi connectivity index (χ2v) is 5.27. The lowest BCUT2D eigenvalue weighted by atomic mass is 10.3. The number of hydrogen-bond acceptors (Lipinski definition) is 7.